The summed E-state index contributed by atoms with van der Waals surface area (Å²) in [6.45, 7) is 2.20. The lowest BCUT2D eigenvalue weighted by atomic mass is 9.80. The highest BCUT2D eigenvalue weighted by molar-refractivity contribution is 9.10. The van der Waals surface area contributed by atoms with Gasteiger partial charge in [-0.1, -0.05) is 107 Å². The second kappa shape index (κ2) is 13.7. The van der Waals surface area contributed by atoms with Gasteiger partial charge in [-0.25, -0.2) is 0 Å². The zero-order valence-corrected chi connectivity index (χ0v) is 26.0. The summed E-state index contributed by atoms with van der Waals surface area (Å²) < 4.78 is 54.5. The molecule has 4 aromatic rings. The van der Waals surface area contributed by atoms with Gasteiger partial charge in [0.25, 0.3) is 0 Å². The van der Waals surface area contributed by atoms with Crippen molar-refractivity contribution in [2.45, 2.75) is 41.7 Å². The second-order valence-corrected chi connectivity index (χ2v) is 12.8. The number of hydrogen-bond donors (Lipinski definition) is 0. The molecule has 0 heterocycles. The molecular weight excluding hydrogens is 637 g/mol. The molecule has 1 fully saturated rings. The first-order chi connectivity index (χ1) is 20.7. The van der Waals surface area contributed by atoms with Crippen LogP contribution in [0.5, 0.6) is 0 Å². The Balaban J connectivity index is 1.49. The highest BCUT2D eigenvalue weighted by Crippen LogP contribution is 2.48. The zero-order valence-electron chi connectivity index (χ0n) is 23.6. The van der Waals surface area contributed by atoms with Crippen molar-refractivity contribution in [1.29, 1.82) is 0 Å². The number of halogens is 4. The minimum atomic E-state index is -4.49. The van der Waals surface area contributed by atoms with Crippen molar-refractivity contribution in [3.63, 3.8) is 0 Å². The molecular formula is C35H32BrF3O3S. The normalized spacial score (nSPS) is 18.9. The van der Waals surface area contributed by atoms with Crippen LogP contribution in [0.1, 0.15) is 42.0 Å². The lowest BCUT2D eigenvalue weighted by molar-refractivity contribution is -0.150. The van der Waals surface area contributed by atoms with Crippen molar-refractivity contribution < 1.29 is 27.4 Å². The molecule has 4 aromatic carbocycles. The highest BCUT2D eigenvalue weighted by atomic mass is 79.9. The van der Waals surface area contributed by atoms with Crippen molar-refractivity contribution in [2.24, 2.45) is 11.8 Å². The van der Waals surface area contributed by atoms with Crippen LogP contribution in [-0.2, 0) is 26.0 Å². The van der Waals surface area contributed by atoms with Crippen LogP contribution in [0, 0.1) is 11.8 Å². The topological polar surface area (TPSA) is 35.5 Å². The smallest absolute Gasteiger partial charge is 0.417 e. The van der Waals surface area contributed by atoms with Crippen molar-refractivity contribution in [1.82, 2.24) is 0 Å². The summed E-state index contributed by atoms with van der Waals surface area (Å²) in [6, 6.07) is 34.1. The van der Waals surface area contributed by atoms with Crippen molar-refractivity contribution in [3.8, 4) is 0 Å². The fraction of sp³-hybridized carbons (Fsp3) is 0.286. The van der Waals surface area contributed by atoms with Crippen LogP contribution in [0.25, 0.3) is 0 Å². The maximum atomic E-state index is 13.9. The van der Waals surface area contributed by atoms with E-state index in [1.807, 2.05) is 91.0 Å². The predicted octanol–water partition coefficient (Wildman–Crippen LogP) is 9.53. The van der Waals surface area contributed by atoms with E-state index in [-0.39, 0.29) is 35.2 Å². The van der Waals surface area contributed by atoms with Crippen molar-refractivity contribution >= 4 is 33.7 Å². The van der Waals surface area contributed by atoms with Gasteiger partial charge in [-0.15, -0.1) is 11.8 Å². The van der Waals surface area contributed by atoms with Gasteiger partial charge in [-0.05, 0) is 60.6 Å². The Labute approximate surface area is 262 Å². The number of thioether (sulfide) groups is 1. The Bertz CT molecular complexity index is 1400. The third-order valence-corrected chi connectivity index (χ3v) is 9.66. The first kappa shape index (κ1) is 31.4. The summed E-state index contributed by atoms with van der Waals surface area (Å²) in [5.74, 6) is -1.09. The Morgan fingerprint density at radius 2 is 1.37 bits per heavy atom. The molecule has 224 valence electrons. The number of ether oxygens (including phenoxy) is 2. The lowest BCUT2D eigenvalue weighted by Crippen LogP contribution is -2.36. The van der Waals surface area contributed by atoms with Gasteiger partial charge in [-0.2, -0.15) is 13.2 Å². The molecule has 8 heteroatoms. The molecule has 0 aliphatic heterocycles. The molecule has 43 heavy (non-hydrogen) atoms. The third-order valence-electron chi connectivity index (χ3n) is 7.84. The Kier molecular flexibility index (Phi) is 9.99. The van der Waals surface area contributed by atoms with Crippen molar-refractivity contribution in [3.05, 3.63) is 136 Å². The van der Waals surface area contributed by atoms with Crippen LogP contribution in [0.3, 0.4) is 0 Å². The van der Waals surface area contributed by atoms with E-state index in [2.05, 4.69) is 15.9 Å². The van der Waals surface area contributed by atoms with Crippen LogP contribution in [-0.4, -0.2) is 24.4 Å². The molecule has 1 aliphatic rings. The van der Waals surface area contributed by atoms with Gasteiger partial charge >= 0.3 is 12.1 Å². The van der Waals surface area contributed by atoms with Gasteiger partial charge in [0, 0.05) is 14.6 Å². The SMILES string of the molecule is CCOC(=O)[C@@H]1C[C@@H](Sc2ccc(Br)cc2C(F)(F)F)C[C@H]1COC(c1ccccc1)(c1ccccc1)c1ccccc1. The van der Waals surface area contributed by atoms with E-state index >= 15 is 0 Å². The number of benzene rings is 4. The fourth-order valence-corrected chi connectivity index (χ4v) is 7.71. The number of carbonyl (C=O) groups is 1. The average Bonchev–Trinajstić information content (AvgIpc) is 3.42. The monoisotopic (exact) mass is 668 g/mol. The molecule has 0 radical (unpaired) electrons. The molecule has 0 bridgehead atoms. The quantitative estimate of drug-likeness (QED) is 0.125. The number of carbonyl (C=O) groups excluding carboxylic acids is 1. The molecule has 1 saturated carbocycles. The van der Waals surface area contributed by atoms with E-state index in [0.717, 1.165) is 22.8 Å². The molecule has 3 atom stereocenters. The van der Waals surface area contributed by atoms with Crippen LogP contribution in [0.15, 0.2) is 119 Å². The van der Waals surface area contributed by atoms with E-state index in [4.69, 9.17) is 9.47 Å². The zero-order chi connectivity index (χ0) is 30.5. The van der Waals surface area contributed by atoms with Gasteiger partial charge < -0.3 is 9.47 Å². The Morgan fingerprint density at radius 1 is 0.837 bits per heavy atom. The number of hydrogen-bond acceptors (Lipinski definition) is 4. The van der Waals surface area contributed by atoms with Crippen LogP contribution < -0.4 is 0 Å². The van der Waals surface area contributed by atoms with Gasteiger partial charge in [0.2, 0.25) is 0 Å². The van der Waals surface area contributed by atoms with E-state index in [1.165, 1.54) is 17.8 Å². The van der Waals surface area contributed by atoms with E-state index < -0.39 is 23.3 Å². The van der Waals surface area contributed by atoms with Crippen LogP contribution in [0.2, 0.25) is 0 Å². The Morgan fingerprint density at radius 3 is 1.86 bits per heavy atom. The highest BCUT2D eigenvalue weighted by Gasteiger charge is 2.44. The summed E-state index contributed by atoms with van der Waals surface area (Å²) >= 11 is 4.34. The van der Waals surface area contributed by atoms with Gasteiger partial charge in [0.1, 0.15) is 5.60 Å². The minimum absolute atomic E-state index is 0.150. The molecule has 0 unspecified atom stereocenters. The molecule has 5 rings (SSSR count). The van der Waals surface area contributed by atoms with E-state index in [0.29, 0.717) is 17.3 Å². The standard InChI is InChI=1S/C35H32BrF3O3S/c1-2-41-33(40)30-22-29(43-32-19-18-28(36)21-31(32)35(37,38)39)20-24(30)23-42-34(25-12-6-3-7-13-25,26-14-8-4-9-15-26)27-16-10-5-11-17-27/h3-19,21,24,29-30H,2,20,22-23H2,1H3/t24-,29-,30+/m0/s1. The lowest BCUT2D eigenvalue weighted by Gasteiger charge is -2.37. The largest absolute Gasteiger partial charge is 0.466 e. The minimum Gasteiger partial charge on any atom is -0.466 e. The predicted molar refractivity (Wildman–Crippen MR) is 167 cm³/mol. The molecule has 0 saturated heterocycles. The number of esters is 1. The third kappa shape index (κ3) is 7.03. The molecule has 0 spiro atoms. The summed E-state index contributed by atoms with van der Waals surface area (Å²) in [5.41, 5.74) is 1.16. The summed E-state index contributed by atoms with van der Waals surface area (Å²) in [6.07, 6.45) is -3.58. The van der Waals surface area contributed by atoms with Gasteiger partial charge in [0.05, 0.1) is 24.7 Å². The maximum Gasteiger partial charge on any atom is 0.417 e. The summed E-state index contributed by atoms with van der Waals surface area (Å²) in [5, 5.41) is -0.218. The van der Waals surface area contributed by atoms with E-state index in [1.54, 1.807) is 13.0 Å². The van der Waals surface area contributed by atoms with Crippen LogP contribution in [0.4, 0.5) is 13.2 Å². The summed E-state index contributed by atoms with van der Waals surface area (Å²) in [7, 11) is 0. The molecule has 1 aliphatic carbocycles. The fourth-order valence-electron chi connectivity index (χ4n) is 5.90. The average molecular weight is 670 g/mol. The summed E-state index contributed by atoms with van der Waals surface area (Å²) in [4.78, 5) is 13.3. The molecule has 0 N–H and O–H groups in total. The first-order valence-corrected chi connectivity index (χ1v) is 15.9. The number of rotatable bonds is 10. The number of alkyl halides is 3. The van der Waals surface area contributed by atoms with Gasteiger partial charge in [-0.3, -0.25) is 4.79 Å². The van der Waals surface area contributed by atoms with Gasteiger partial charge in [0.15, 0.2) is 0 Å². The van der Waals surface area contributed by atoms with E-state index in [9.17, 15) is 18.0 Å². The second-order valence-electron chi connectivity index (χ2n) is 10.6. The Hall–Kier alpha value is -3.07. The molecule has 3 nitrogen and oxygen atoms in total. The van der Waals surface area contributed by atoms with Crippen LogP contribution >= 0.6 is 27.7 Å². The first-order valence-electron chi connectivity index (χ1n) is 14.2. The molecule has 0 amide bonds. The van der Waals surface area contributed by atoms with Crippen molar-refractivity contribution in [2.75, 3.05) is 13.2 Å². The maximum absolute atomic E-state index is 13.9. The molecule has 0 aromatic heterocycles.